The fraction of sp³-hybridized carbons (Fsp3) is 0.222. The lowest BCUT2D eigenvalue weighted by molar-refractivity contribution is 0.630. The molecular weight excluding hydrogens is 357 g/mol. The molecule has 3 aromatic carbocycles. The molecule has 4 aromatic rings. The van der Waals surface area contributed by atoms with Gasteiger partial charge in [-0.15, -0.1) is 0 Å². The summed E-state index contributed by atoms with van der Waals surface area (Å²) in [7, 11) is 0. The minimum absolute atomic E-state index is 0.224. The molecule has 0 fully saturated rings. The van der Waals surface area contributed by atoms with Crippen molar-refractivity contribution in [2.24, 2.45) is 0 Å². The van der Waals surface area contributed by atoms with Crippen molar-refractivity contribution in [2.45, 2.75) is 39.0 Å². The number of aromatic nitrogens is 1. The Morgan fingerprint density at radius 2 is 1.59 bits per heavy atom. The standard InChI is InChI=1S/C27H26FN/c1-2-3-4-5-7-20-10-12-21(13-11-20)22-8-6-9-24(18-22)27-26-15-14-25(28)19-23(26)16-17-29-27/h6,8-19H,2-5,7H2,1H3. The van der Waals surface area contributed by atoms with Crippen LogP contribution in [0.5, 0.6) is 0 Å². The van der Waals surface area contributed by atoms with Gasteiger partial charge in [-0.3, -0.25) is 4.98 Å². The van der Waals surface area contributed by atoms with Crippen molar-refractivity contribution in [1.82, 2.24) is 4.98 Å². The van der Waals surface area contributed by atoms with Gasteiger partial charge in [-0.25, -0.2) is 4.39 Å². The minimum Gasteiger partial charge on any atom is -0.256 e. The average Bonchev–Trinajstić information content (AvgIpc) is 2.76. The number of pyridine rings is 1. The van der Waals surface area contributed by atoms with E-state index in [1.807, 2.05) is 12.1 Å². The van der Waals surface area contributed by atoms with Crippen molar-refractivity contribution in [3.8, 4) is 22.4 Å². The first-order valence-corrected chi connectivity index (χ1v) is 10.5. The Morgan fingerprint density at radius 1 is 0.759 bits per heavy atom. The molecule has 0 bridgehead atoms. The highest BCUT2D eigenvalue weighted by Gasteiger charge is 2.08. The minimum atomic E-state index is -0.224. The van der Waals surface area contributed by atoms with Gasteiger partial charge in [0.1, 0.15) is 5.82 Å². The Bertz CT molecular complexity index is 1100. The Labute approximate surface area is 172 Å². The third-order valence-electron chi connectivity index (χ3n) is 5.47. The maximum Gasteiger partial charge on any atom is 0.123 e. The van der Waals surface area contributed by atoms with Crippen LogP contribution in [0.4, 0.5) is 4.39 Å². The maximum atomic E-state index is 13.6. The van der Waals surface area contributed by atoms with Crippen LogP contribution in [0.3, 0.4) is 0 Å². The van der Waals surface area contributed by atoms with E-state index in [0.29, 0.717) is 0 Å². The van der Waals surface area contributed by atoms with E-state index in [1.54, 1.807) is 12.3 Å². The predicted octanol–water partition coefficient (Wildman–Crippen LogP) is 7.83. The van der Waals surface area contributed by atoms with Gasteiger partial charge in [-0.2, -0.15) is 0 Å². The van der Waals surface area contributed by atoms with Gasteiger partial charge in [0.15, 0.2) is 0 Å². The lowest BCUT2D eigenvalue weighted by Gasteiger charge is -2.09. The smallest absolute Gasteiger partial charge is 0.123 e. The van der Waals surface area contributed by atoms with E-state index in [1.165, 1.54) is 48.4 Å². The Kier molecular flexibility index (Phi) is 6.00. The Hall–Kier alpha value is -3.00. The molecule has 1 nitrogen and oxygen atoms in total. The van der Waals surface area contributed by atoms with Crippen LogP contribution in [0.2, 0.25) is 0 Å². The quantitative estimate of drug-likeness (QED) is 0.296. The number of fused-ring (bicyclic) bond motifs is 1. The highest BCUT2D eigenvalue weighted by atomic mass is 19.1. The molecule has 1 heterocycles. The number of rotatable bonds is 7. The summed E-state index contributed by atoms with van der Waals surface area (Å²) in [6.45, 7) is 2.25. The number of unbranched alkanes of at least 4 members (excludes halogenated alkanes) is 3. The van der Waals surface area contributed by atoms with Crippen molar-refractivity contribution in [3.63, 3.8) is 0 Å². The van der Waals surface area contributed by atoms with Crippen LogP contribution in [-0.4, -0.2) is 4.98 Å². The summed E-state index contributed by atoms with van der Waals surface area (Å²) in [6.07, 6.45) is 8.06. The van der Waals surface area contributed by atoms with Crippen molar-refractivity contribution >= 4 is 10.8 Å². The number of halogens is 1. The molecule has 0 amide bonds. The average molecular weight is 384 g/mol. The lowest BCUT2D eigenvalue weighted by Crippen LogP contribution is -1.89. The molecule has 0 aliphatic heterocycles. The number of benzene rings is 3. The highest BCUT2D eigenvalue weighted by molar-refractivity contribution is 5.95. The summed E-state index contributed by atoms with van der Waals surface area (Å²) in [5.74, 6) is -0.224. The van der Waals surface area contributed by atoms with Gasteiger partial charge < -0.3 is 0 Å². The monoisotopic (exact) mass is 383 g/mol. The SMILES string of the molecule is CCCCCCc1ccc(-c2cccc(-c3nccc4cc(F)ccc34)c2)cc1. The van der Waals surface area contributed by atoms with Crippen LogP contribution in [0, 0.1) is 5.82 Å². The summed E-state index contributed by atoms with van der Waals surface area (Å²) >= 11 is 0. The number of nitrogens with zero attached hydrogens (tertiary/aromatic N) is 1. The van der Waals surface area contributed by atoms with Crippen molar-refractivity contribution in [2.75, 3.05) is 0 Å². The summed E-state index contributed by atoms with van der Waals surface area (Å²) in [4.78, 5) is 4.58. The zero-order chi connectivity index (χ0) is 20.1. The van der Waals surface area contributed by atoms with E-state index in [9.17, 15) is 4.39 Å². The van der Waals surface area contributed by atoms with Gasteiger partial charge >= 0.3 is 0 Å². The predicted molar refractivity (Wildman–Crippen MR) is 120 cm³/mol. The van der Waals surface area contributed by atoms with Crippen LogP contribution in [0.15, 0.2) is 79.0 Å². The fourth-order valence-corrected chi connectivity index (χ4v) is 3.84. The van der Waals surface area contributed by atoms with Crippen molar-refractivity contribution < 1.29 is 4.39 Å². The van der Waals surface area contributed by atoms with Crippen molar-refractivity contribution in [1.29, 1.82) is 0 Å². The third kappa shape index (κ3) is 4.54. The summed E-state index contributed by atoms with van der Waals surface area (Å²) in [5, 5.41) is 1.83. The van der Waals surface area contributed by atoms with Gasteiger partial charge in [0.05, 0.1) is 5.69 Å². The molecule has 0 saturated carbocycles. The van der Waals surface area contributed by atoms with Crippen molar-refractivity contribution in [3.05, 3.63) is 90.4 Å². The first kappa shape index (κ1) is 19.3. The second-order valence-electron chi connectivity index (χ2n) is 7.61. The van der Waals surface area contributed by atoms with E-state index in [0.717, 1.165) is 28.5 Å². The summed E-state index contributed by atoms with van der Waals surface area (Å²) in [5.41, 5.74) is 5.70. The van der Waals surface area contributed by atoms with Crippen LogP contribution in [0.1, 0.15) is 38.2 Å². The zero-order valence-corrected chi connectivity index (χ0v) is 16.9. The second-order valence-corrected chi connectivity index (χ2v) is 7.61. The topological polar surface area (TPSA) is 12.9 Å². The first-order chi connectivity index (χ1) is 14.2. The molecular formula is C27H26FN. The molecule has 0 unspecified atom stereocenters. The molecule has 0 N–H and O–H groups in total. The molecule has 0 saturated heterocycles. The van der Waals surface area contributed by atoms with E-state index in [-0.39, 0.29) is 5.82 Å². The molecule has 1 aromatic heterocycles. The summed E-state index contributed by atoms with van der Waals surface area (Å²) < 4.78 is 13.6. The van der Waals surface area contributed by atoms with Crippen LogP contribution in [-0.2, 0) is 6.42 Å². The number of hydrogen-bond donors (Lipinski definition) is 0. The van der Waals surface area contributed by atoms with E-state index >= 15 is 0 Å². The molecule has 0 aliphatic carbocycles. The zero-order valence-electron chi connectivity index (χ0n) is 16.9. The van der Waals surface area contributed by atoms with Gasteiger partial charge in [-0.05, 0) is 65.3 Å². The van der Waals surface area contributed by atoms with Crippen LogP contribution >= 0.6 is 0 Å². The maximum absolute atomic E-state index is 13.6. The highest BCUT2D eigenvalue weighted by Crippen LogP contribution is 2.30. The molecule has 2 heteroatoms. The number of hydrogen-bond acceptors (Lipinski definition) is 1. The van der Waals surface area contributed by atoms with Gasteiger partial charge in [0.25, 0.3) is 0 Å². The normalized spacial score (nSPS) is 11.1. The molecule has 29 heavy (non-hydrogen) atoms. The lowest BCUT2D eigenvalue weighted by atomic mass is 9.97. The Morgan fingerprint density at radius 3 is 2.41 bits per heavy atom. The molecule has 4 rings (SSSR count). The number of aryl methyl sites for hydroxylation is 1. The molecule has 0 radical (unpaired) electrons. The van der Waals surface area contributed by atoms with E-state index in [2.05, 4.69) is 60.4 Å². The van der Waals surface area contributed by atoms with E-state index < -0.39 is 0 Å². The molecule has 0 spiro atoms. The van der Waals surface area contributed by atoms with Gasteiger partial charge in [0.2, 0.25) is 0 Å². The largest absolute Gasteiger partial charge is 0.256 e. The Balaban J connectivity index is 1.60. The fourth-order valence-electron chi connectivity index (χ4n) is 3.84. The second kappa shape index (κ2) is 9.00. The molecule has 0 atom stereocenters. The van der Waals surface area contributed by atoms with Gasteiger partial charge in [0, 0.05) is 17.1 Å². The molecule has 146 valence electrons. The molecule has 0 aliphatic rings. The van der Waals surface area contributed by atoms with Crippen LogP contribution < -0.4 is 0 Å². The first-order valence-electron chi connectivity index (χ1n) is 10.5. The third-order valence-corrected chi connectivity index (χ3v) is 5.47. The van der Waals surface area contributed by atoms with Gasteiger partial charge in [-0.1, -0.05) is 68.7 Å². The van der Waals surface area contributed by atoms with Crippen LogP contribution in [0.25, 0.3) is 33.2 Å². The van der Waals surface area contributed by atoms with E-state index in [4.69, 9.17) is 0 Å². The summed E-state index contributed by atoms with van der Waals surface area (Å²) in [6, 6.07) is 24.0.